The van der Waals surface area contributed by atoms with E-state index < -0.39 is 0 Å². The summed E-state index contributed by atoms with van der Waals surface area (Å²) in [5.41, 5.74) is 1.69. The Morgan fingerprint density at radius 3 is 2.42 bits per heavy atom. The second kappa shape index (κ2) is 6.35. The van der Waals surface area contributed by atoms with Gasteiger partial charge in [-0.15, -0.1) is 0 Å². The number of nitrogens with zero attached hydrogens (tertiary/aromatic N) is 1. The predicted molar refractivity (Wildman–Crippen MR) is 56.4 cm³/mol. The molecule has 0 saturated heterocycles. The molecule has 0 aliphatic heterocycles. The van der Waals surface area contributed by atoms with Crippen molar-refractivity contribution in [1.82, 2.24) is 0 Å². The van der Waals surface area contributed by atoms with Gasteiger partial charge in [-0.2, -0.15) is 0 Å². The maximum atomic E-state index is 4.15. The fourth-order valence-electron chi connectivity index (χ4n) is 0.664. The van der Waals surface area contributed by atoms with Gasteiger partial charge in [0.2, 0.25) is 0 Å². The zero-order valence-electron chi connectivity index (χ0n) is 7.75. The number of rotatable bonds is 4. The summed E-state index contributed by atoms with van der Waals surface area (Å²) in [5.74, 6) is 0. The Kier molecular flexibility index (Phi) is 5.62. The summed E-state index contributed by atoms with van der Waals surface area (Å²) in [6.07, 6.45) is 9.22. The van der Waals surface area contributed by atoms with Crippen LogP contribution >= 0.6 is 0 Å². The molecule has 64 valence electrons. The predicted octanol–water partition coefficient (Wildman–Crippen LogP) is 3.28. The Morgan fingerprint density at radius 2 is 2.00 bits per heavy atom. The number of allylic oxidation sites excluding steroid dienone is 4. The summed E-state index contributed by atoms with van der Waals surface area (Å²) in [6, 6.07) is 0. The molecule has 0 bridgehead atoms. The highest BCUT2D eigenvalue weighted by molar-refractivity contribution is 5.58. The molecule has 0 radical (unpaired) electrons. The van der Waals surface area contributed by atoms with Gasteiger partial charge in [-0.1, -0.05) is 31.4 Å². The van der Waals surface area contributed by atoms with Gasteiger partial charge in [0.15, 0.2) is 0 Å². The molecule has 0 aromatic carbocycles. The Hall–Kier alpha value is -1.37. The largest absolute Gasteiger partial charge is 0.261 e. The molecule has 0 aromatic rings. The molecular formula is C11H15N. The van der Waals surface area contributed by atoms with Gasteiger partial charge < -0.3 is 0 Å². The van der Waals surface area contributed by atoms with Crippen molar-refractivity contribution in [1.29, 1.82) is 0 Å². The molecule has 0 amide bonds. The first-order valence-electron chi connectivity index (χ1n) is 3.89. The standard InChI is InChI=1S/C11H15N/c1-5-8-9-11(12-7-3)10(4)6-2/h5-9H,2,4H2,1,3H3/b8-5-,11-9+,12-7?. The van der Waals surface area contributed by atoms with Crippen molar-refractivity contribution >= 4 is 6.21 Å². The van der Waals surface area contributed by atoms with Crippen LogP contribution in [-0.2, 0) is 0 Å². The van der Waals surface area contributed by atoms with Gasteiger partial charge in [0, 0.05) is 6.21 Å². The van der Waals surface area contributed by atoms with Crippen molar-refractivity contribution in [2.24, 2.45) is 4.99 Å². The van der Waals surface area contributed by atoms with Crippen LogP contribution in [0.15, 0.2) is 53.7 Å². The van der Waals surface area contributed by atoms with Crippen LogP contribution < -0.4 is 0 Å². The fourth-order valence-corrected chi connectivity index (χ4v) is 0.664. The maximum absolute atomic E-state index is 4.15. The number of hydrogen-bond donors (Lipinski definition) is 0. The van der Waals surface area contributed by atoms with E-state index in [2.05, 4.69) is 18.2 Å². The molecule has 1 nitrogen and oxygen atoms in total. The minimum Gasteiger partial charge on any atom is -0.261 e. The first-order valence-corrected chi connectivity index (χ1v) is 3.89. The average Bonchev–Trinajstić information content (AvgIpc) is 2.11. The van der Waals surface area contributed by atoms with E-state index in [0.29, 0.717) is 0 Å². The topological polar surface area (TPSA) is 12.4 Å². The van der Waals surface area contributed by atoms with Crippen LogP contribution in [0, 0.1) is 0 Å². The van der Waals surface area contributed by atoms with Gasteiger partial charge >= 0.3 is 0 Å². The van der Waals surface area contributed by atoms with E-state index in [1.165, 1.54) is 0 Å². The number of aliphatic imine (C=N–C) groups is 1. The highest BCUT2D eigenvalue weighted by Gasteiger charge is 1.92. The van der Waals surface area contributed by atoms with Crippen LogP contribution in [0.3, 0.4) is 0 Å². The van der Waals surface area contributed by atoms with Gasteiger partial charge in [-0.3, -0.25) is 4.99 Å². The molecule has 12 heavy (non-hydrogen) atoms. The monoisotopic (exact) mass is 161 g/mol. The van der Waals surface area contributed by atoms with E-state index in [1.807, 2.05) is 32.1 Å². The molecule has 0 saturated carbocycles. The third-order valence-electron chi connectivity index (χ3n) is 1.29. The summed E-state index contributed by atoms with van der Waals surface area (Å²) in [7, 11) is 0. The van der Waals surface area contributed by atoms with Crippen molar-refractivity contribution in [3.63, 3.8) is 0 Å². The summed E-state index contributed by atoms with van der Waals surface area (Å²) in [4.78, 5) is 4.15. The van der Waals surface area contributed by atoms with E-state index >= 15 is 0 Å². The van der Waals surface area contributed by atoms with Crippen molar-refractivity contribution < 1.29 is 0 Å². The van der Waals surface area contributed by atoms with E-state index in [0.717, 1.165) is 11.3 Å². The molecule has 0 atom stereocenters. The smallest absolute Gasteiger partial charge is 0.0691 e. The second-order valence-corrected chi connectivity index (χ2v) is 2.19. The molecule has 0 N–H and O–H groups in total. The van der Waals surface area contributed by atoms with Gasteiger partial charge in [0.25, 0.3) is 0 Å². The van der Waals surface area contributed by atoms with E-state index in [9.17, 15) is 0 Å². The Bertz CT molecular complexity index is 242. The van der Waals surface area contributed by atoms with Crippen LogP contribution in [0.2, 0.25) is 0 Å². The highest BCUT2D eigenvalue weighted by Crippen LogP contribution is 2.09. The van der Waals surface area contributed by atoms with Gasteiger partial charge in [-0.25, -0.2) is 0 Å². The van der Waals surface area contributed by atoms with Crippen LogP contribution in [0.4, 0.5) is 0 Å². The molecule has 0 aliphatic carbocycles. The molecule has 1 heteroatoms. The average molecular weight is 161 g/mol. The number of hydrogen-bond acceptors (Lipinski definition) is 1. The molecule has 0 heterocycles. The third-order valence-corrected chi connectivity index (χ3v) is 1.29. The second-order valence-electron chi connectivity index (χ2n) is 2.19. The lowest BCUT2D eigenvalue weighted by molar-refractivity contribution is 1.36. The molecule has 0 aromatic heterocycles. The molecule has 0 fully saturated rings. The summed E-state index contributed by atoms with van der Waals surface area (Å²) in [6.45, 7) is 11.3. The summed E-state index contributed by atoms with van der Waals surface area (Å²) >= 11 is 0. The Labute approximate surface area is 74.5 Å². The van der Waals surface area contributed by atoms with Crippen molar-refractivity contribution in [2.45, 2.75) is 13.8 Å². The van der Waals surface area contributed by atoms with Crippen LogP contribution in [0.1, 0.15) is 13.8 Å². The van der Waals surface area contributed by atoms with E-state index in [-0.39, 0.29) is 0 Å². The van der Waals surface area contributed by atoms with E-state index in [4.69, 9.17) is 0 Å². The Balaban J connectivity index is 4.64. The molecular weight excluding hydrogens is 146 g/mol. The minimum atomic E-state index is 0.839. The first-order chi connectivity index (χ1) is 5.76. The molecule has 0 rings (SSSR count). The highest BCUT2D eigenvalue weighted by atomic mass is 14.7. The van der Waals surface area contributed by atoms with Gasteiger partial charge in [0.1, 0.15) is 0 Å². The lowest BCUT2D eigenvalue weighted by atomic mass is 10.2. The summed E-state index contributed by atoms with van der Waals surface area (Å²) < 4.78 is 0. The normalized spacial score (nSPS) is 12.7. The molecule has 0 aliphatic rings. The molecule has 0 spiro atoms. The van der Waals surface area contributed by atoms with Crippen molar-refractivity contribution in [2.75, 3.05) is 0 Å². The molecule has 0 unspecified atom stereocenters. The van der Waals surface area contributed by atoms with E-state index in [1.54, 1.807) is 12.3 Å². The first kappa shape index (κ1) is 10.6. The maximum Gasteiger partial charge on any atom is 0.0691 e. The van der Waals surface area contributed by atoms with Gasteiger partial charge in [0.05, 0.1) is 5.70 Å². The minimum absolute atomic E-state index is 0.839. The lowest BCUT2D eigenvalue weighted by Gasteiger charge is -1.97. The zero-order chi connectivity index (χ0) is 9.40. The SMILES string of the molecule is C=CC(=C)/C(=C\C=C/C)N=CC. The fraction of sp³-hybridized carbons (Fsp3) is 0.182. The quantitative estimate of drug-likeness (QED) is 0.443. The van der Waals surface area contributed by atoms with Crippen LogP contribution in [0.5, 0.6) is 0 Å². The third kappa shape index (κ3) is 3.71. The van der Waals surface area contributed by atoms with Crippen molar-refractivity contribution in [3.05, 3.63) is 48.7 Å². The zero-order valence-corrected chi connectivity index (χ0v) is 7.75. The van der Waals surface area contributed by atoms with Gasteiger partial charge in [-0.05, 0) is 25.5 Å². The lowest BCUT2D eigenvalue weighted by Crippen LogP contribution is -1.80. The van der Waals surface area contributed by atoms with Crippen molar-refractivity contribution in [3.8, 4) is 0 Å². The Morgan fingerprint density at radius 1 is 1.33 bits per heavy atom. The summed E-state index contributed by atoms with van der Waals surface area (Å²) in [5, 5.41) is 0. The van der Waals surface area contributed by atoms with Crippen LogP contribution in [0.25, 0.3) is 0 Å². The van der Waals surface area contributed by atoms with Crippen LogP contribution in [-0.4, -0.2) is 6.21 Å².